The van der Waals surface area contributed by atoms with Crippen LogP contribution in [0.2, 0.25) is 0 Å². The molecule has 4 nitrogen and oxygen atoms in total. The predicted octanol–water partition coefficient (Wildman–Crippen LogP) is 2.50. The quantitative estimate of drug-likeness (QED) is 0.833. The van der Waals surface area contributed by atoms with Gasteiger partial charge in [-0.3, -0.25) is 9.63 Å². The van der Waals surface area contributed by atoms with Gasteiger partial charge in [0.2, 0.25) is 0 Å². The van der Waals surface area contributed by atoms with E-state index in [0.29, 0.717) is 10.2 Å². The molecule has 1 aromatic heterocycles. The summed E-state index contributed by atoms with van der Waals surface area (Å²) in [6.07, 6.45) is 1.43. The molecule has 1 amide bonds. The van der Waals surface area contributed by atoms with Crippen molar-refractivity contribution in [3.63, 3.8) is 0 Å². The molecular weight excluding hydrogens is 250 g/mol. The normalized spacial score (nSPS) is 11.4. The van der Waals surface area contributed by atoms with Crippen molar-refractivity contribution < 1.29 is 14.0 Å². The van der Waals surface area contributed by atoms with Gasteiger partial charge in [0.15, 0.2) is 4.67 Å². The lowest BCUT2D eigenvalue weighted by molar-refractivity contribution is -0.0590. The molecule has 0 aliphatic heterocycles. The minimum atomic E-state index is -0.411. The molecule has 1 N–H and O–H groups in total. The molecule has 0 saturated carbocycles. The number of furan rings is 1. The Morgan fingerprint density at radius 3 is 2.64 bits per heavy atom. The second-order valence-corrected chi connectivity index (χ2v) is 4.47. The second kappa shape index (κ2) is 4.14. The van der Waals surface area contributed by atoms with Crippen LogP contribution in [0.3, 0.4) is 0 Å². The molecule has 0 bridgehead atoms. The number of carbonyl (C=O) groups excluding carboxylic acids is 1. The molecule has 1 aromatic rings. The van der Waals surface area contributed by atoms with E-state index in [-0.39, 0.29) is 5.91 Å². The van der Waals surface area contributed by atoms with Crippen molar-refractivity contribution in [1.29, 1.82) is 0 Å². The highest BCUT2D eigenvalue weighted by molar-refractivity contribution is 9.10. The van der Waals surface area contributed by atoms with Gasteiger partial charge in [0.05, 0.1) is 17.4 Å². The van der Waals surface area contributed by atoms with E-state index < -0.39 is 5.60 Å². The molecule has 1 heterocycles. The molecule has 0 saturated heterocycles. The summed E-state index contributed by atoms with van der Waals surface area (Å²) < 4.78 is 5.31. The maximum absolute atomic E-state index is 11.4. The summed E-state index contributed by atoms with van der Waals surface area (Å²) in [6.45, 7) is 5.53. The molecule has 0 unspecified atom stereocenters. The van der Waals surface area contributed by atoms with Crippen molar-refractivity contribution in [2.45, 2.75) is 26.4 Å². The van der Waals surface area contributed by atoms with Gasteiger partial charge in [-0.2, -0.15) is 0 Å². The predicted molar refractivity (Wildman–Crippen MR) is 54.7 cm³/mol. The molecule has 0 radical (unpaired) electrons. The number of nitrogens with one attached hydrogen (secondary N) is 1. The van der Waals surface area contributed by atoms with Crippen molar-refractivity contribution in [2.75, 3.05) is 0 Å². The van der Waals surface area contributed by atoms with Crippen LogP contribution in [0.25, 0.3) is 0 Å². The van der Waals surface area contributed by atoms with Crippen molar-refractivity contribution in [3.05, 3.63) is 22.6 Å². The van der Waals surface area contributed by atoms with E-state index in [0.717, 1.165) is 0 Å². The molecule has 5 heteroatoms. The third-order valence-corrected chi connectivity index (χ3v) is 1.93. The number of hydrogen-bond donors (Lipinski definition) is 1. The zero-order chi connectivity index (χ0) is 10.8. The SMILES string of the molecule is CC(C)(C)ONC(=O)c1ccoc1Br. The first kappa shape index (κ1) is 11.3. The minimum absolute atomic E-state index is 0.333. The number of carbonyl (C=O) groups is 1. The van der Waals surface area contributed by atoms with E-state index in [1.165, 1.54) is 6.26 Å². The second-order valence-electron chi connectivity index (χ2n) is 3.75. The number of halogens is 1. The van der Waals surface area contributed by atoms with E-state index >= 15 is 0 Å². The van der Waals surface area contributed by atoms with Crippen LogP contribution in [-0.2, 0) is 4.84 Å². The maximum Gasteiger partial charge on any atom is 0.279 e. The smallest absolute Gasteiger partial charge is 0.279 e. The van der Waals surface area contributed by atoms with Crippen LogP contribution in [0.1, 0.15) is 31.1 Å². The summed E-state index contributed by atoms with van der Waals surface area (Å²) in [7, 11) is 0. The average Bonchev–Trinajstić information content (AvgIpc) is 2.46. The van der Waals surface area contributed by atoms with Gasteiger partial charge in [0.1, 0.15) is 0 Å². The summed E-state index contributed by atoms with van der Waals surface area (Å²) in [5, 5.41) is 0. The first-order valence-corrected chi connectivity index (χ1v) is 4.91. The molecule has 1 rings (SSSR count). The van der Waals surface area contributed by atoms with Gasteiger partial charge in [0, 0.05) is 0 Å². The summed E-state index contributed by atoms with van der Waals surface area (Å²) in [5.41, 5.74) is 2.34. The maximum atomic E-state index is 11.4. The van der Waals surface area contributed by atoms with Crippen LogP contribution in [-0.4, -0.2) is 11.5 Å². The molecule has 0 spiro atoms. The molecular formula is C9H12BrNO3. The highest BCUT2D eigenvalue weighted by atomic mass is 79.9. The van der Waals surface area contributed by atoms with Crippen molar-refractivity contribution in [1.82, 2.24) is 5.48 Å². The fourth-order valence-corrected chi connectivity index (χ4v) is 1.13. The first-order chi connectivity index (χ1) is 6.40. The summed E-state index contributed by atoms with van der Waals surface area (Å²) in [5.74, 6) is -0.333. The molecule has 0 aromatic carbocycles. The zero-order valence-electron chi connectivity index (χ0n) is 8.26. The van der Waals surface area contributed by atoms with Crippen molar-refractivity contribution in [2.24, 2.45) is 0 Å². The Morgan fingerprint density at radius 1 is 1.57 bits per heavy atom. The van der Waals surface area contributed by atoms with E-state index in [4.69, 9.17) is 9.25 Å². The van der Waals surface area contributed by atoms with Gasteiger partial charge in [-0.05, 0) is 42.8 Å². The topological polar surface area (TPSA) is 51.5 Å². The lowest BCUT2D eigenvalue weighted by atomic mass is 10.2. The average molecular weight is 262 g/mol. The third kappa shape index (κ3) is 3.16. The Bertz CT molecular complexity index is 327. The van der Waals surface area contributed by atoms with Crippen molar-refractivity contribution in [3.8, 4) is 0 Å². The Kier molecular flexibility index (Phi) is 3.34. The third-order valence-electron chi connectivity index (χ3n) is 1.31. The van der Waals surface area contributed by atoms with Crippen LogP contribution < -0.4 is 5.48 Å². The van der Waals surface area contributed by atoms with Crippen molar-refractivity contribution >= 4 is 21.8 Å². The number of amides is 1. The largest absolute Gasteiger partial charge is 0.457 e. The zero-order valence-corrected chi connectivity index (χ0v) is 9.84. The van der Waals surface area contributed by atoms with Crippen LogP contribution >= 0.6 is 15.9 Å². The molecule has 0 aliphatic rings. The highest BCUT2D eigenvalue weighted by Gasteiger charge is 2.16. The summed E-state index contributed by atoms with van der Waals surface area (Å²) in [6, 6.07) is 1.56. The Morgan fingerprint density at radius 2 is 2.21 bits per heavy atom. The Hall–Kier alpha value is -0.810. The number of hydrogen-bond acceptors (Lipinski definition) is 3. The van der Waals surface area contributed by atoms with E-state index in [1.54, 1.807) is 6.07 Å². The molecule has 78 valence electrons. The number of rotatable bonds is 2. The monoisotopic (exact) mass is 261 g/mol. The van der Waals surface area contributed by atoms with Gasteiger partial charge in [-0.1, -0.05) is 0 Å². The van der Waals surface area contributed by atoms with Gasteiger partial charge in [0.25, 0.3) is 5.91 Å². The van der Waals surface area contributed by atoms with E-state index in [9.17, 15) is 4.79 Å². The molecule has 14 heavy (non-hydrogen) atoms. The fraction of sp³-hybridized carbons (Fsp3) is 0.444. The lowest BCUT2D eigenvalue weighted by Gasteiger charge is -2.18. The standard InChI is InChI=1S/C9H12BrNO3/c1-9(2,3)14-11-8(12)6-4-5-13-7(6)10/h4-5H,1-3H3,(H,11,12). The van der Waals surface area contributed by atoms with Crippen LogP contribution in [0.4, 0.5) is 0 Å². The number of hydroxylamine groups is 1. The van der Waals surface area contributed by atoms with Crippen LogP contribution in [0.5, 0.6) is 0 Å². The van der Waals surface area contributed by atoms with E-state index in [2.05, 4.69) is 21.4 Å². The van der Waals surface area contributed by atoms with Gasteiger partial charge in [-0.15, -0.1) is 0 Å². The molecule has 0 aliphatic carbocycles. The lowest BCUT2D eigenvalue weighted by Crippen LogP contribution is -2.33. The summed E-state index contributed by atoms with van der Waals surface area (Å²) >= 11 is 3.10. The molecule has 0 fully saturated rings. The van der Waals surface area contributed by atoms with E-state index in [1.807, 2.05) is 20.8 Å². The first-order valence-electron chi connectivity index (χ1n) is 4.11. The van der Waals surface area contributed by atoms with Gasteiger partial charge >= 0.3 is 0 Å². The molecule has 0 atom stereocenters. The van der Waals surface area contributed by atoms with Gasteiger partial charge in [-0.25, -0.2) is 5.48 Å². The fourth-order valence-electron chi connectivity index (χ4n) is 0.710. The summed E-state index contributed by atoms with van der Waals surface area (Å²) in [4.78, 5) is 16.6. The Balaban J connectivity index is 2.56. The van der Waals surface area contributed by atoms with Crippen LogP contribution in [0.15, 0.2) is 21.4 Å². The van der Waals surface area contributed by atoms with Crippen LogP contribution in [0, 0.1) is 0 Å². The highest BCUT2D eigenvalue weighted by Crippen LogP contribution is 2.17. The van der Waals surface area contributed by atoms with Gasteiger partial charge < -0.3 is 4.42 Å². The minimum Gasteiger partial charge on any atom is -0.457 e. The Labute approximate surface area is 90.7 Å².